The van der Waals surface area contributed by atoms with Crippen molar-refractivity contribution in [3.63, 3.8) is 0 Å². The molecule has 4 nitrogen and oxygen atoms in total. The molecule has 0 aliphatic rings. The molecule has 0 aliphatic carbocycles. The van der Waals surface area contributed by atoms with Gasteiger partial charge in [-0.3, -0.25) is 4.79 Å². The Hall–Kier alpha value is -1.56. The molecule has 0 spiro atoms. The van der Waals surface area contributed by atoms with E-state index in [-0.39, 0.29) is 9.90 Å². The molecule has 1 amide bonds. The molecule has 104 valence electrons. The van der Waals surface area contributed by atoms with Crippen LogP contribution in [0.1, 0.15) is 22.0 Å². The third-order valence-electron chi connectivity index (χ3n) is 2.56. The number of rotatable bonds is 4. The summed E-state index contributed by atoms with van der Waals surface area (Å²) >= 11 is 12.7. The van der Waals surface area contributed by atoms with Crippen molar-refractivity contribution in [3.05, 3.63) is 56.2 Å². The number of thiophene rings is 1. The largest absolute Gasteiger partial charge is 0.479 e. The van der Waals surface area contributed by atoms with Crippen molar-refractivity contribution in [2.75, 3.05) is 0 Å². The molecule has 1 heterocycles. The summed E-state index contributed by atoms with van der Waals surface area (Å²) in [6, 6.07) is 8.69. The van der Waals surface area contributed by atoms with Gasteiger partial charge in [0.25, 0.3) is 5.91 Å². The van der Waals surface area contributed by atoms with E-state index in [1.165, 1.54) is 6.07 Å². The van der Waals surface area contributed by atoms with Crippen LogP contribution in [0.5, 0.6) is 0 Å². The molecule has 0 unspecified atom stereocenters. The van der Waals surface area contributed by atoms with Crippen LogP contribution in [0.2, 0.25) is 8.67 Å². The lowest BCUT2D eigenvalue weighted by Crippen LogP contribution is -2.33. The molecule has 1 aromatic heterocycles. The number of carboxylic acid groups (broad SMARTS) is 1. The normalized spacial score (nSPS) is 11.9. The second-order valence-electron chi connectivity index (χ2n) is 3.89. The average molecular weight is 330 g/mol. The zero-order valence-electron chi connectivity index (χ0n) is 9.97. The first kappa shape index (κ1) is 14.8. The molecular weight excluding hydrogens is 321 g/mol. The fourth-order valence-electron chi connectivity index (χ4n) is 1.64. The topological polar surface area (TPSA) is 66.4 Å². The first-order valence-corrected chi connectivity index (χ1v) is 7.09. The summed E-state index contributed by atoms with van der Waals surface area (Å²) in [4.78, 5) is 23.3. The Balaban J connectivity index is 2.23. The van der Waals surface area contributed by atoms with Crippen molar-refractivity contribution in [1.82, 2.24) is 5.32 Å². The van der Waals surface area contributed by atoms with E-state index in [1.54, 1.807) is 30.3 Å². The fraction of sp³-hybridized carbons (Fsp3) is 0.0769. The summed E-state index contributed by atoms with van der Waals surface area (Å²) in [5, 5.41) is 11.7. The summed E-state index contributed by atoms with van der Waals surface area (Å²) in [6.07, 6.45) is 0. The van der Waals surface area contributed by atoms with Crippen molar-refractivity contribution < 1.29 is 14.7 Å². The molecule has 0 bridgehead atoms. The Kier molecular flexibility index (Phi) is 4.65. The van der Waals surface area contributed by atoms with E-state index in [0.717, 1.165) is 11.3 Å². The maximum Gasteiger partial charge on any atom is 0.330 e. The zero-order chi connectivity index (χ0) is 14.7. The Morgan fingerprint density at radius 3 is 2.35 bits per heavy atom. The number of nitrogens with one attached hydrogen (secondary N) is 1. The molecular formula is C13H9Cl2NO3S. The molecule has 1 atom stereocenters. The SMILES string of the molecule is O=C(N[C@H](C(=O)O)c1ccccc1)c1cc(Cl)sc1Cl. The second-order valence-corrected chi connectivity index (χ2v) is 6.18. The molecule has 0 saturated heterocycles. The van der Waals surface area contributed by atoms with Crippen molar-refractivity contribution in [1.29, 1.82) is 0 Å². The number of halogens is 2. The second kappa shape index (κ2) is 6.26. The van der Waals surface area contributed by atoms with Crippen LogP contribution in [-0.2, 0) is 4.79 Å². The van der Waals surface area contributed by atoms with E-state index in [2.05, 4.69) is 5.32 Å². The highest BCUT2D eigenvalue weighted by molar-refractivity contribution is 7.20. The standard InChI is InChI=1S/C13H9Cl2NO3S/c14-9-6-8(11(15)20-9)12(17)16-10(13(18)19)7-4-2-1-3-5-7/h1-6,10H,(H,16,17)(H,18,19)/t10-/m0/s1. The molecule has 0 radical (unpaired) electrons. The van der Waals surface area contributed by atoms with Gasteiger partial charge in [0.1, 0.15) is 4.34 Å². The quantitative estimate of drug-likeness (QED) is 0.900. The van der Waals surface area contributed by atoms with Gasteiger partial charge in [-0.05, 0) is 11.6 Å². The van der Waals surface area contributed by atoms with Gasteiger partial charge in [-0.25, -0.2) is 4.79 Å². The molecule has 1 aromatic carbocycles. The first-order chi connectivity index (χ1) is 9.49. The van der Waals surface area contributed by atoms with Gasteiger partial charge in [-0.15, -0.1) is 11.3 Å². The van der Waals surface area contributed by atoms with Gasteiger partial charge in [0.15, 0.2) is 6.04 Å². The number of aliphatic carboxylic acids is 1. The Bertz CT molecular complexity index is 642. The van der Waals surface area contributed by atoms with Crippen LogP contribution in [-0.4, -0.2) is 17.0 Å². The molecule has 2 aromatic rings. The highest BCUT2D eigenvalue weighted by Gasteiger charge is 2.24. The Morgan fingerprint density at radius 1 is 1.20 bits per heavy atom. The van der Waals surface area contributed by atoms with Crippen molar-refractivity contribution in [3.8, 4) is 0 Å². The predicted molar refractivity (Wildman–Crippen MR) is 78.6 cm³/mol. The minimum Gasteiger partial charge on any atom is -0.479 e. The van der Waals surface area contributed by atoms with Crippen LogP contribution in [0.4, 0.5) is 0 Å². The summed E-state index contributed by atoms with van der Waals surface area (Å²) in [6.45, 7) is 0. The van der Waals surface area contributed by atoms with Gasteiger partial charge >= 0.3 is 5.97 Å². The van der Waals surface area contributed by atoms with Gasteiger partial charge in [-0.1, -0.05) is 53.5 Å². The average Bonchev–Trinajstić information content (AvgIpc) is 2.75. The van der Waals surface area contributed by atoms with Gasteiger partial charge in [-0.2, -0.15) is 0 Å². The van der Waals surface area contributed by atoms with E-state index < -0.39 is 17.9 Å². The van der Waals surface area contributed by atoms with Gasteiger partial charge in [0.2, 0.25) is 0 Å². The maximum atomic E-state index is 12.1. The molecule has 2 rings (SSSR count). The first-order valence-electron chi connectivity index (χ1n) is 5.52. The lowest BCUT2D eigenvalue weighted by Gasteiger charge is -2.14. The molecule has 20 heavy (non-hydrogen) atoms. The van der Waals surface area contributed by atoms with Crippen LogP contribution in [0.25, 0.3) is 0 Å². The number of benzene rings is 1. The summed E-state index contributed by atoms with van der Waals surface area (Å²) < 4.78 is 0.594. The summed E-state index contributed by atoms with van der Waals surface area (Å²) in [5.41, 5.74) is 0.648. The smallest absolute Gasteiger partial charge is 0.330 e. The van der Waals surface area contributed by atoms with Crippen LogP contribution < -0.4 is 5.32 Å². The molecule has 2 N–H and O–H groups in total. The minimum atomic E-state index is -1.15. The predicted octanol–water partition coefficient (Wildman–Crippen LogP) is 3.61. The Morgan fingerprint density at radius 2 is 1.85 bits per heavy atom. The highest BCUT2D eigenvalue weighted by Crippen LogP contribution is 2.31. The van der Waals surface area contributed by atoms with Crippen LogP contribution in [0.3, 0.4) is 0 Å². The molecule has 0 aliphatic heterocycles. The van der Waals surface area contributed by atoms with Crippen molar-refractivity contribution >= 4 is 46.4 Å². The van der Waals surface area contributed by atoms with E-state index in [4.69, 9.17) is 23.2 Å². The Labute approximate surface area is 128 Å². The zero-order valence-corrected chi connectivity index (χ0v) is 12.3. The molecule has 0 fully saturated rings. The van der Waals surface area contributed by atoms with Crippen molar-refractivity contribution in [2.45, 2.75) is 6.04 Å². The number of hydrogen-bond acceptors (Lipinski definition) is 3. The van der Waals surface area contributed by atoms with Crippen LogP contribution in [0, 0.1) is 0 Å². The number of carboxylic acids is 1. The van der Waals surface area contributed by atoms with E-state index in [9.17, 15) is 14.7 Å². The number of amides is 1. The molecule has 0 saturated carbocycles. The van der Waals surface area contributed by atoms with Gasteiger partial charge < -0.3 is 10.4 Å². The van der Waals surface area contributed by atoms with E-state index in [1.807, 2.05) is 0 Å². The maximum absolute atomic E-state index is 12.1. The fourth-order valence-corrected chi connectivity index (χ4v) is 3.10. The lowest BCUT2D eigenvalue weighted by molar-refractivity contribution is -0.139. The van der Waals surface area contributed by atoms with Crippen LogP contribution >= 0.6 is 34.5 Å². The van der Waals surface area contributed by atoms with E-state index in [0.29, 0.717) is 9.90 Å². The number of carbonyl (C=O) groups excluding carboxylic acids is 1. The summed E-state index contributed by atoms with van der Waals surface area (Å²) in [7, 11) is 0. The lowest BCUT2D eigenvalue weighted by atomic mass is 10.1. The monoisotopic (exact) mass is 329 g/mol. The summed E-state index contributed by atoms with van der Waals surface area (Å²) in [5.74, 6) is -1.73. The molecule has 7 heteroatoms. The third kappa shape index (κ3) is 3.30. The minimum absolute atomic E-state index is 0.170. The number of hydrogen-bond donors (Lipinski definition) is 2. The van der Waals surface area contributed by atoms with E-state index >= 15 is 0 Å². The van der Waals surface area contributed by atoms with Gasteiger partial charge in [0.05, 0.1) is 9.90 Å². The highest BCUT2D eigenvalue weighted by atomic mass is 35.5. The third-order valence-corrected chi connectivity index (χ3v) is 4.04. The van der Waals surface area contributed by atoms with Crippen molar-refractivity contribution in [2.24, 2.45) is 0 Å². The van der Waals surface area contributed by atoms with Gasteiger partial charge in [0, 0.05) is 0 Å². The number of carbonyl (C=O) groups is 2. The van der Waals surface area contributed by atoms with Crippen LogP contribution in [0.15, 0.2) is 36.4 Å².